The van der Waals surface area contributed by atoms with Gasteiger partial charge in [0.05, 0.1) is 5.52 Å². The summed E-state index contributed by atoms with van der Waals surface area (Å²) < 4.78 is 2.22. The van der Waals surface area contributed by atoms with Crippen molar-refractivity contribution < 1.29 is 20.1 Å². The molecule has 0 atom stereocenters. The Kier molecular flexibility index (Phi) is 6.27. The average molecular weight is 367 g/mol. The molecule has 0 radical (unpaired) electrons. The predicted octanol–water partition coefficient (Wildman–Crippen LogP) is 1.30. The fourth-order valence-electron chi connectivity index (χ4n) is 3.94. The Morgan fingerprint density at radius 2 is 1.52 bits per heavy atom. The fraction of sp³-hybridized carbons (Fsp3) is 0.400. The minimum absolute atomic E-state index is 0.428. The largest absolute Gasteiger partial charge is 0.488 e. The Bertz CT molecular complexity index is 937. The molecule has 2 aromatic carbocycles. The van der Waals surface area contributed by atoms with E-state index in [1.807, 2.05) is 12.1 Å². The van der Waals surface area contributed by atoms with Crippen LogP contribution in [0.3, 0.4) is 0 Å². The van der Waals surface area contributed by atoms with E-state index in [1.165, 1.54) is 12.8 Å². The summed E-state index contributed by atoms with van der Waals surface area (Å²) in [6.07, 6.45) is 5.45. The Balaban J connectivity index is 2.24. The molecule has 0 fully saturated rings. The van der Waals surface area contributed by atoms with Gasteiger partial charge in [-0.2, -0.15) is 0 Å². The highest BCUT2D eigenvalue weighted by Crippen LogP contribution is 2.31. The third-order valence-corrected chi connectivity index (χ3v) is 5.29. The molecule has 1 heterocycles. The fourth-order valence-corrected chi connectivity index (χ4v) is 3.94. The van der Waals surface area contributed by atoms with Gasteiger partial charge in [0, 0.05) is 22.8 Å². The molecule has 0 aliphatic rings. The van der Waals surface area contributed by atoms with E-state index in [9.17, 15) is 20.1 Å². The molecule has 0 saturated carbocycles. The van der Waals surface area contributed by atoms with E-state index in [-0.39, 0.29) is 0 Å². The SMILES string of the molecule is CCCCCCc1cc(B(O)O)cc2c3cc(B(O)O)ccc3n(CC)c12. The topological polar surface area (TPSA) is 85.8 Å². The van der Waals surface area contributed by atoms with Gasteiger partial charge in [0.15, 0.2) is 0 Å². The van der Waals surface area contributed by atoms with Crippen LogP contribution in [0.15, 0.2) is 30.3 Å². The molecule has 1 aromatic heterocycles. The van der Waals surface area contributed by atoms with Crippen molar-refractivity contribution in [3.05, 3.63) is 35.9 Å². The summed E-state index contributed by atoms with van der Waals surface area (Å²) in [4.78, 5) is 0. The minimum Gasteiger partial charge on any atom is -0.423 e. The van der Waals surface area contributed by atoms with E-state index < -0.39 is 14.2 Å². The molecule has 0 aliphatic carbocycles. The second kappa shape index (κ2) is 8.48. The standard InChI is InChI=1S/C20H27B2NO4/c1-3-5-6-7-8-14-11-16(22(26)27)13-18-17-12-15(21(24)25)9-10-19(17)23(4-2)20(14)18/h9-13,24-27H,3-8H2,1-2H3. The molecule has 0 bridgehead atoms. The summed E-state index contributed by atoms with van der Waals surface area (Å²) in [5, 5.41) is 40.5. The van der Waals surface area contributed by atoms with Crippen LogP contribution in [0.25, 0.3) is 21.8 Å². The normalized spacial score (nSPS) is 11.5. The van der Waals surface area contributed by atoms with Gasteiger partial charge in [0.1, 0.15) is 0 Å². The highest BCUT2D eigenvalue weighted by atomic mass is 16.4. The lowest BCUT2D eigenvalue weighted by Crippen LogP contribution is -2.30. The Morgan fingerprint density at radius 3 is 2.15 bits per heavy atom. The number of rotatable bonds is 8. The second-order valence-electron chi connectivity index (χ2n) is 7.16. The highest BCUT2D eigenvalue weighted by molar-refractivity contribution is 6.59. The molecule has 0 unspecified atom stereocenters. The van der Waals surface area contributed by atoms with E-state index in [2.05, 4.69) is 18.4 Å². The smallest absolute Gasteiger partial charge is 0.423 e. The van der Waals surface area contributed by atoms with Crippen LogP contribution in [-0.4, -0.2) is 38.9 Å². The van der Waals surface area contributed by atoms with Gasteiger partial charge in [-0.05, 0) is 42.3 Å². The van der Waals surface area contributed by atoms with E-state index in [0.29, 0.717) is 10.9 Å². The van der Waals surface area contributed by atoms with Crippen molar-refractivity contribution >= 4 is 47.0 Å². The number of benzene rings is 2. The zero-order valence-corrected chi connectivity index (χ0v) is 16.0. The third kappa shape index (κ3) is 3.92. The van der Waals surface area contributed by atoms with Crippen LogP contribution in [0.5, 0.6) is 0 Å². The van der Waals surface area contributed by atoms with Crippen molar-refractivity contribution in [3.63, 3.8) is 0 Å². The molecular weight excluding hydrogens is 340 g/mol. The molecular formula is C20H27B2NO4. The van der Waals surface area contributed by atoms with Crippen LogP contribution in [0.2, 0.25) is 0 Å². The van der Waals surface area contributed by atoms with E-state index in [0.717, 1.165) is 53.2 Å². The van der Waals surface area contributed by atoms with Crippen molar-refractivity contribution in [2.45, 2.75) is 52.5 Å². The maximum absolute atomic E-state index is 9.76. The first-order valence-electron chi connectivity index (χ1n) is 9.78. The maximum atomic E-state index is 9.76. The van der Waals surface area contributed by atoms with Crippen molar-refractivity contribution in [3.8, 4) is 0 Å². The van der Waals surface area contributed by atoms with E-state index in [1.54, 1.807) is 18.2 Å². The summed E-state index contributed by atoms with van der Waals surface area (Å²) in [5.74, 6) is 0. The molecule has 4 N–H and O–H groups in total. The van der Waals surface area contributed by atoms with Gasteiger partial charge in [-0.3, -0.25) is 0 Å². The number of aromatic nitrogens is 1. The lowest BCUT2D eigenvalue weighted by Gasteiger charge is -2.11. The monoisotopic (exact) mass is 367 g/mol. The zero-order chi connectivity index (χ0) is 19.6. The van der Waals surface area contributed by atoms with Gasteiger partial charge in [-0.15, -0.1) is 0 Å². The van der Waals surface area contributed by atoms with E-state index >= 15 is 0 Å². The average Bonchev–Trinajstić information content (AvgIpc) is 2.98. The maximum Gasteiger partial charge on any atom is 0.488 e. The number of nitrogens with zero attached hydrogens (tertiary/aromatic N) is 1. The lowest BCUT2D eigenvalue weighted by atomic mass is 9.77. The third-order valence-electron chi connectivity index (χ3n) is 5.29. The van der Waals surface area contributed by atoms with Gasteiger partial charge in [0.25, 0.3) is 0 Å². The molecule has 142 valence electrons. The highest BCUT2D eigenvalue weighted by Gasteiger charge is 2.20. The van der Waals surface area contributed by atoms with Crippen molar-refractivity contribution in [1.82, 2.24) is 4.57 Å². The Labute approximate surface area is 160 Å². The summed E-state index contributed by atoms with van der Waals surface area (Å²) in [5.41, 5.74) is 4.11. The number of fused-ring (bicyclic) bond motifs is 3. The molecule has 7 heteroatoms. The van der Waals surface area contributed by atoms with Crippen molar-refractivity contribution in [2.75, 3.05) is 0 Å². The molecule has 5 nitrogen and oxygen atoms in total. The van der Waals surface area contributed by atoms with Gasteiger partial charge >= 0.3 is 14.2 Å². The predicted molar refractivity (Wildman–Crippen MR) is 113 cm³/mol. The lowest BCUT2D eigenvalue weighted by molar-refractivity contribution is 0.424. The first kappa shape index (κ1) is 20.0. The van der Waals surface area contributed by atoms with Crippen LogP contribution in [0.1, 0.15) is 45.1 Å². The molecule has 0 saturated heterocycles. The van der Waals surface area contributed by atoms with Crippen LogP contribution in [-0.2, 0) is 13.0 Å². The van der Waals surface area contributed by atoms with Crippen molar-refractivity contribution in [2.24, 2.45) is 0 Å². The number of aryl methyl sites for hydroxylation is 2. The molecule has 0 amide bonds. The number of unbranched alkanes of at least 4 members (excludes halogenated alkanes) is 3. The molecule has 0 aliphatic heterocycles. The summed E-state index contributed by atoms with van der Waals surface area (Å²) in [6, 6.07) is 9.11. The molecule has 3 aromatic rings. The van der Waals surface area contributed by atoms with Gasteiger partial charge in [-0.25, -0.2) is 0 Å². The van der Waals surface area contributed by atoms with Gasteiger partial charge in [0.2, 0.25) is 0 Å². The zero-order valence-electron chi connectivity index (χ0n) is 16.0. The van der Waals surface area contributed by atoms with Gasteiger partial charge < -0.3 is 24.7 Å². The first-order chi connectivity index (χ1) is 13.0. The van der Waals surface area contributed by atoms with Crippen LogP contribution >= 0.6 is 0 Å². The van der Waals surface area contributed by atoms with E-state index in [4.69, 9.17) is 0 Å². The number of hydrogen-bond acceptors (Lipinski definition) is 4. The quantitative estimate of drug-likeness (QED) is 0.357. The Morgan fingerprint density at radius 1 is 0.815 bits per heavy atom. The van der Waals surface area contributed by atoms with Gasteiger partial charge in [-0.1, -0.05) is 50.5 Å². The summed E-state index contributed by atoms with van der Waals surface area (Å²) in [6.45, 7) is 5.05. The summed E-state index contributed by atoms with van der Waals surface area (Å²) >= 11 is 0. The number of hydrogen-bond donors (Lipinski definition) is 4. The minimum atomic E-state index is -1.53. The van der Waals surface area contributed by atoms with Crippen LogP contribution < -0.4 is 10.9 Å². The molecule has 3 rings (SSSR count). The second-order valence-corrected chi connectivity index (χ2v) is 7.16. The van der Waals surface area contributed by atoms with Crippen LogP contribution in [0, 0.1) is 0 Å². The molecule has 0 spiro atoms. The van der Waals surface area contributed by atoms with Crippen LogP contribution in [0.4, 0.5) is 0 Å². The van der Waals surface area contributed by atoms with Crippen molar-refractivity contribution in [1.29, 1.82) is 0 Å². The Hall–Kier alpha value is -1.79. The molecule has 27 heavy (non-hydrogen) atoms. The summed E-state index contributed by atoms with van der Waals surface area (Å²) in [7, 11) is -3.06. The first-order valence-corrected chi connectivity index (χ1v) is 9.78.